The number of benzene rings is 1. The fraction of sp³-hybridized carbons (Fsp3) is 0.381. The Labute approximate surface area is 149 Å². The van der Waals surface area contributed by atoms with Crippen molar-refractivity contribution < 1.29 is 4.74 Å². The van der Waals surface area contributed by atoms with Crippen LogP contribution < -0.4 is 0 Å². The van der Waals surface area contributed by atoms with Crippen molar-refractivity contribution in [1.29, 1.82) is 0 Å². The molecule has 25 heavy (non-hydrogen) atoms. The standard InChI is InChI=1S/C21H25N3O/c1-13(2)19-12-25-21(24-19)18-11-7-10-17(23-18)16(5)22-20-14(3)8-6-9-15(20)4/h6-11,13,19H,12H2,1-5H3/b22-16+/t19-/m1/s1. The Morgan fingerprint density at radius 1 is 1.12 bits per heavy atom. The average molecular weight is 335 g/mol. The van der Waals surface area contributed by atoms with Crippen LogP contribution in [0, 0.1) is 19.8 Å². The van der Waals surface area contributed by atoms with Crippen LogP contribution in [0.25, 0.3) is 0 Å². The van der Waals surface area contributed by atoms with Crippen LogP contribution in [-0.4, -0.2) is 29.2 Å². The maximum atomic E-state index is 5.75. The van der Waals surface area contributed by atoms with Gasteiger partial charge in [-0.2, -0.15) is 0 Å². The van der Waals surface area contributed by atoms with Crippen molar-refractivity contribution in [2.75, 3.05) is 6.61 Å². The summed E-state index contributed by atoms with van der Waals surface area (Å²) in [5, 5.41) is 0. The number of rotatable bonds is 4. The highest BCUT2D eigenvalue weighted by atomic mass is 16.5. The van der Waals surface area contributed by atoms with Crippen molar-refractivity contribution >= 4 is 17.3 Å². The fourth-order valence-corrected chi connectivity index (χ4v) is 2.83. The normalized spacial score (nSPS) is 17.6. The summed E-state index contributed by atoms with van der Waals surface area (Å²) in [7, 11) is 0. The zero-order valence-corrected chi connectivity index (χ0v) is 15.6. The molecule has 0 fully saturated rings. The van der Waals surface area contributed by atoms with Crippen molar-refractivity contribution in [1.82, 2.24) is 4.98 Å². The molecule has 4 heteroatoms. The predicted octanol–water partition coefficient (Wildman–Crippen LogP) is 4.64. The molecular weight excluding hydrogens is 310 g/mol. The van der Waals surface area contributed by atoms with Gasteiger partial charge in [0.15, 0.2) is 0 Å². The van der Waals surface area contributed by atoms with Gasteiger partial charge in [-0.05, 0) is 49.9 Å². The highest BCUT2D eigenvalue weighted by molar-refractivity contribution is 6.00. The van der Waals surface area contributed by atoms with Gasteiger partial charge >= 0.3 is 0 Å². The molecule has 1 aliphatic heterocycles. The largest absolute Gasteiger partial charge is 0.474 e. The van der Waals surface area contributed by atoms with Crippen molar-refractivity contribution in [3.63, 3.8) is 0 Å². The first-order valence-electron chi connectivity index (χ1n) is 8.75. The SMILES string of the molecule is C/C(=N\c1c(C)cccc1C)c1cccc(C2=N[C@@H](C(C)C)CO2)n1. The molecule has 0 bridgehead atoms. The van der Waals surface area contributed by atoms with Gasteiger partial charge in [-0.1, -0.05) is 38.1 Å². The first-order valence-corrected chi connectivity index (χ1v) is 8.75. The van der Waals surface area contributed by atoms with Gasteiger partial charge in [0.2, 0.25) is 5.90 Å². The summed E-state index contributed by atoms with van der Waals surface area (Å²) in [5.41, 5.74) is 5.86. The summed E-state index contributed by atoms with van der Waals surface area (Å²) >= 11 is 0. The zero-order valence-electron chi connectivity index (χ0n) is 15.6. The number of hydrogen-bond acceptors (Lipinski definition) is 4. The Bertz CT molecular complexity index is 817. The maximum absolute atomic E-state index is 5.75. The minimum absolute atomic E-state index is 0.213. The topological polar surface area (TPSA) is 46.8 Å². The smallest absolute Gasteiger partial charge is 0.235 e. The van der Waals surface area contributed by atoms with Crippen molar-refractivity contribution in [2.24, 2.45) is 15.9 Å². The van der Waals surface area contributed by atoms with Gasteiger partial charge in [0.05, 0.1) is 23.1 Å². The third kappa shape index (κ3) is 3.78. The fourth-order valence-electron chi connectivity index (χ4n) is 2.83. The second-order valence-corrected chi connectivity index (χ2v) is 6.90. The lowest BCUT2D eigenvalue weighted by atomic mass is 10.1. The second-order valence-electron chi connectivity index (χ2n) is 6.90. The van der Waals surface area contributed by atoms with Gasteiger partial charge in [0, 0.05) is 0 Å². The first kappa shape index (κ1) is 17.3. The van der Waals surface area contributed by atoms with E-state index in [-0.39, 0.29) is 6.04 Å². The minimum Gasteiger partial charge on any atom is -0.474 e. The number of aryl methyl sites for hydroxylation is 2. The summed E-state index contributed by atoms with van der Waals surface area (Å²) in [6.45, 7) is 11.1. The molecule has 2 aromatic rings. The number of pyridine rings is 1. The Hall–Kier alpha value is -2.49. The van der Waals surface area contributed by atoms with Crippen LogP contribution in [0.1, 0.15) is 43.3 Å². The Balaban J connectivity index is 1.92. The van der Waals surface area contributed by atoms with Gasteiger partial charge < -0.3 is 4.74 Å². The predicted molar refractivity (Wildman–Crippen MR) is 103 cm³/mol. The lowest BCUT2D eigenvalue weighted by molar-refractivity contribution is 0.291. The molecule has 3 rings (SSSR count). The summed E-state index contributed by atoms with van der Waals surface area (Å²) in [6, 6.07) is 12.3. The maximum Gasteiger partial charge on any atom is 0.235 e. The van der Waals surface area contributed by atoms with E-state index < -0.39 is 0 Å². The minimum atomic E-state index is 0.213. The van der Waals surface area contributed by atoms with Gasteiger partial charge in [-0.15, -0.1) is 0 Å². The highest BCUT2D eigenvalue weighted by Crippen LogP contribution is 2.24. The second kappa shape index (κ2) is 7.18. The summed E-state index contributed by atoms with van der Waals surface area (Å²) < 4.78 is 5.75. The van der Waals surface area contributed by atoms with E-state index in [1.807, 2.05) is 25.1 Å². The Morgan fingerprint density at radius 3 is 2.44 bits per heavy atom. The highest BCUT2D eigenvalue weighted by Gasteiger charge is 2.23. The van der Waals surface area contributed by atoms with Gasteiger partial charge in [-0.25, -0.2) is 9.98 Å². The van der Waals surface area contributed by atoms with E-state index in [2.05, 4.69) is 50.9 Å². The van der Waals surface area contributed by atoms with Crippen LogP contribution >= 0.6 is 0 Å². The quantitative estimate of drug-likeness (QED) is 0.764. The van der Waals surface area contributed by atoms with E-state index in [0.29, 0.717) is 18.4 Å². The summed E-state index contributed by atoms with van der Waals surface area (Å²) in [4.78, 5) is 14.2. The monoisotopic (exact) mass is 335 g/mol. The molecule has 130 valence electrons. The third-order valence-corrected chi connectivity index (χ3v) is 4.50. The molecule has 0 amide bonds. The van der Waals surface area contributed by atoms with Gasteiger partial charge in [0.25, 0.3) is 0 Å². The molecule has 0 N–H and O–H groups in total. The number of aromatic nitrogens is 1. The van der Waals surface area contributed by atoms with E-state index >= 15 is 0 Å². The van der Waals surface area contributed by atoms with E-state index in [0.717, 1.165) is 22.8 Å². The Morgan fingerprint density at radius 2 is 1.80 bits per heavy atom. The molecule has 0 saturated carbocycles. The number of nitrogens with zero attached hydrogens (tertiary/aromatic N) is 3. The van der Waals surface area contributed by atoms with Crippen molar-refractivity contribution in [2.45, 2.75) is 40.7 Å². The zero-order chi connectivity index (χ0) is 18.0. The molecule has 0 unspecified atom stereocenters. The van der Waals surface area contributed by atoms with E-state index in [1.54, 1.807) is 0 Å². The van der Waals surface area contributed by atoms with Crippen LogP contribution in [0.3, 0.4) is 0 Å². The molecule has 0 saturated heterocycles. The van der Waals surface area contributed by atoms with Crippen molar-refractivity contribution in [3.05, 3.63) is 58.9 Å². The van der Waals surface area contributed by atoms with Crippen LogP contribution in [-0.2, 0) is 4.74 Å². The van der Waals surface area contributed by atoms with E-state index in [4.69, 9.17) is 14.7 Å². The number of para-hydroxylation sites is 1. The van der Waals surface area contributed by atoms with E-state index in [9.17, 15) is 0 Å². The molecule has 1 aliphatic rings. The first-order chi connectivity index (χ1) is 12.0. The van der Waals surface area contributed by atoms with Crippen LogP contribution in [0.4, 0.5) is 5.69 Å². The van der Waals surface area contributed by atoms with Gasteiger partial charge in [-0.3, -0.25) is 4.99 Å². The molecule has 0 radical (unpaired) electrons. The molecule has 0 aliphatic carbocycles. The van der Waals surface area contributed by atoms with Gasteiger partial charge in [0.1, 0.15) is 12.3 Å². The molecule has 2 heterocycles. The molecule has 1 atom stereocenters. The van der Waals surface area contributed by atoms with Crippen LogP contribution in [0.5, 0.6) is 0 Å². The summed E-state index contributed by atoms with van der Waals surface area (Å²) in [6.07, 6.45) is 0. The molecule has 1 aromatic carbocycles. The number of hydrogen-bond donors (Lipinski definition) is 0. The number of ether oxygens (including phenoxy) is 1. The average Bonchev–Trinajstić information content (AvgIpc) is 3.09. The van der Waals surface area contributed by atoms with Crippen LogP contribution in [0.2, 0.25) is 0 Å². The van der Waals surface area contributed by atoms with E-state index in [1.165, 1.54) is 11.1 Å². The molecule has 0 spiro atoms. The van der Waals surface area contributed by atoms with Crippen LogP contribution in [0.15, 0.2) is 46.4 Å². The summed E-state index contributed by atoms with van der Waals surface area (Å²) in [5.74, 6) is 1.11. The molecule has 1 aromatic heterocycles. The molecular formula is C21H25N3O. The number of aliphatic imine (C=N–C) groups is 2. The third-order valence-electron chi connectivity index (χ3n) is 4.50. The Kier molecular flexibility index (Phi) is 4.98. The van der Waals surface area contributed by atoms with Crippen molar-refractivity contribution in [3.8, 4) is 0 Å². The molecule has 4 nitrogen and oxygen atoms in total. The lowest BCUT2D eigenvalue weighted by Gasteiger charge is -2.07. The lowest BCUT2D eigenvalue weighted by Crippen LogP contribution is -2.13.